The summed E-state index contributed by atoms with van der Waals surface area (Å²) < 4.78 is 5.36. The number of aliphatic hydroxyl groups is 1. The summed E-state index contributed by atoms with van der Waals surface area (Å²) in [5.41, 5.74) is 5.57. The molecule has 1 saturated heterocycles. The molecule has 6 nitrogen and oxygen atoms in total. The number of nitrogens with one attached hydrogen (secondary N) is 2. The summed E-state index contributed by atoms with van der Waals surface area (Å²) in [6.07, 6.45) is -0.221. The number of hydrogen-bond donors (Lipinski definition) is 4. The van der Waals surface area contributed by atoms with Crippen molar-refractivity contribution in [3.63, 3.8) is 0 Å². The molecule has 1 rings (SSSR count). The van der Waals surface area contributed by atoms with Gasteiger partial charge in [-0.05, 0) is 0 Å². The molecule has 0 aromatic heterocycles. The first-order valence-electron chi connectivity index (χ1n) is 5.28. The minimum Gasteiger partial charge on any atom is -0.393 e. The van der Waals surface area contributed by atoms with E-state index < -0.39 is 12.3 Å². The molecule has 0 aromatic carbocycles. The van der Waals surface area contributed by atoms with Gasteiger partial charge in [0, 0.05) is 31.8 Å². The first-order chi connectivity index (χ1) is 7.61. The lowest BCUT2D eigenvalue weighted by Crippen LogP contribution is -2.47. The van der Waals surface area contributed by atoms with Crippen LogP contribution in [0.4, 0.5) is 4.79 Å². The molecule has 1 heterocycles. The van der Waals surface area contributed by atoms with Crippen LogP contribution in [0, 0.1) is 0 Å². The number of carbonyl (C=O) groups is 1. The fourth-order valence-electron chi connectivity index (χ4n) is 1.59. The Kier molecular flexibility index (Phi) is 5.83. The fraction of sp³-hybridized carbons (Fsp3) is 0.889. The highest BCUT2D eigenvalue weighted by atomic mass is 35.5. The topological polar surface area (TPSA) is 96.6 Å². The highest BCUT2D eigenvalue weighted by Gasteiger charge is 2.26. The van der Waals surface area contributed by atoms with Gasteiger partial charge in [0.15, 0.2) is 0 Å². The van der Waals surface area contributed by atoms with Crippen LogP contribution < -0.4 is 16.4 Å². The van der Waals surface area contributed by atoms with Gasteiger partial charge in [0.25, 0.3) is 0 Å². The Bertz CT molecular complexity index is 220. The lowest BCUT2D eigenvalue weighted by atomic mass is 10.0. The molecule has 1 aliphatic heterocycles. The van der Waals surface area contributed by atoms with Crippen LogP contribution in [-0.4, -0.2) is 48.5 Å². The number of urea groups is 1. The third kappa shape index (κ3) is 4.98. The summed E-state index contributed by atoms with van der Waals surface area (Å²) in [4.78, 5) is 11.2. The van der Waals surface area contributed by atoms with Crippen molar-refractivity contribution < 1.29 is 14.6 Å². The Hall–Kier alpha value is -0.560. The summed E-state index contributed by atoms with van der Waals surface area (Å²) in [6.45, 7) is 0.750. The Balaban J connectivity index is 2.18. The molecular formula is C9H18ClN3O3. The standard InChI is InChI=1S/C9H18ClN3O3/c10-1-2-12-9(15)13-5-7-3-6(14)4-8(11)16-7/h6-8,14H,1-5,11H2,(H2,12,13,15). The zero-order valence-corrected chi connectivity index (χ0v) is 9.74. The van der Waals surface area contributed by atoms with E-state index in [4.69, 9.17) is 22.1 Å². The molecule has 1 aliphatic rings. The first-order valence-corrected chi connectivity index (χ1v) is 5.82. The molecule has 0 aromatic rings. The van der Waals surface area contributed by atoms with Crippen molar-refractivity contribution in [2.45, 2.75) is 31.3 Å². The van der Waals surface area contributed by atoms with Gasteiger partial charge in [0.2, 0.25) is 0 Å². The van der Waals surface area contributed by atoms with Crippen molar-refractivity contribution in [2.75, 3.05) is 19.0 Å². The SMILES string of the molecule is NC1CC(O)CC(CNC(=O)NCCCl)O1. The number of rotatable bonds is 4. The predicted molar refractivity (Wildman–Crippen MR) is 60.2 cm³/mol. The molecule has 7 heteroatoms. The van der Waals surface area contributed by atoms with E-state index in [9.17, 15) is 9.90 Å². The maximum atomic E-state index is 11.2. The summed E-state index contributed by atoms with van der Waals surface area (Å²) in [6, 6.07) is -0.294. The van der Waals surface area contributed by atoms with Gasteiger partial charge >= 0.3 is 6.03 Å². The average molecular weight is 252 g/mol. The van der Waals surface area contributed by atoms with E-state index in [1.165, 1.54) is 0 Å². The van der Waals surface area contributed by atoms with Crippen LogP contribution in [0.15, 0.2) is 0 Å². The third-order valence-electron chi connectivity index (χ3n) is 2.28. The summed E-state index contributed by atoms with van der Waals surface area (Å²) in [5, 5.41) is 14.6. The number of amides is 2. The Morgan fingerprint density at radius 3 is 2.88 bits per heavy atom. The molecule has 3 unspecified atom stereocenters. The Labute approximate surface area is 99.5 Å². The number of nitrogens with two attached hydrogens (primary N) is 1. The Morgan fingerprint density at radius 2 is 2.25 bits per heavy atom. The largest absolute Gasteiger partial charge is 0.393 e. The number of carbonyl (C=O) groups excluding carboxylic acids is 1. The normalized spacial score (nSPS) is 29.8. The zero-order chi connectivity index (χ0) is 12.0. The lowest BCUT2D eigenvalue weighted by molar-refractivity contribution is -0.0898. The van der Waals surface area contributed by atoms with Gasteiger partial charge < -0.3 is 26.2 Å². The van der Waals surface area contributed by atoms with Crippen LogP contribution in [0.1, 0.15) is 12.8 Å². The molecule has 16 heavy (non-hydrogen) atoms. The molecule has 0 bridgehead atoms. The number of ether oxygens (including phenoxy) is 1. The molecule has 1 fully saturated rings. The molecule has 94 valence electrons. The van der Waals surface area contributed by atoms with Crippen LogP contribution in [0.3, 0.4) is 0 Å². The fourth-order valence-corrected chi connectivity index (χ4v) is 1.68. The van der Waals surface area contributed by atoms with E-state index in [2.05, 4.69) is 10.6 Å². The van der Waals surface area contributed by atoms with Crippen molar-refractivity contribution in [2.24, 2.45) is 5.73 Å². The van der Waals surface area contributed by atoms with E-state index in [-0.39, 0.29) is 12.1 Å². The van der Waals surface area contributed by atoms with Gasteiger partial charge in [0.05, 0.1) is 12.2 Å². The van der Waals surface area contributed by atoms with Crippen molar-refractivity contribution in [1.29, 1.82) is 0 Å². The number of hydrogen-bond acceptors (Lipinski definition) is 4. The molecule has 0 radical (unpaired) electrons. The smallest absolute Gasteiger partial charge is 0.314 e. The quantitative estimate of drug-likeness (QED) is 0.499. The highest BCUT2D eigenvalue weighted by Crippen LogP contribution is 2.15. The molecular weight excluding hydrogens is 234 g/mol. The summed E-state index contributed by atoms with van der Waals surface area (Å²) >= 11 is 5.42. The van der Waals surface area contributed by atoms with Crippen molar-refractivity contribution >= 4 is 17.6 Å². The van der Waals surface area contributed by atoms with E-state index in [1.807, 2.05) is 0 Å². The van der Waals surface area contributed by atoms with Gasteiger partial charge in [-0.25, -0.2) is 4.79 Å². The second-order valence-electron chi connectivity index (χ2n) is 3.75. The highest BCUT2D eigenvalue weighted by molar-refractivity contribution is 6.18. The van der Waals surface area contributed by atoms with Crippen LogP contribution in [0.25, 0.3) is 0 Å². The monoisotopic (exact) mass is 251 g/mol. The van der Waals surface area contributed by atoms with E-state index in [1.54, 1.807) is 0 Å². The minimum absolute atomic E-state index is 0.236. The average Bonchev–Trinajstić information content (AvgIpc) is 2.22. The van der Waals surface area contributed by atoms with Crippen LogP contribution in [0.5, 0.6) is 0 Å². The van der Waals surface area contributed by atoms with Gasteiger partial charge in [-0.2, -0.15) is 0 Å². The number of aliphatic hydroxyl groups excluding tert-OH is 1. The number of halogens is 1. The summed E-state index contributed by atoms with van der Waals surface area (Å²) in [7, 11) is 0. The number of alkyl halides is 1. The molecule has 0 aliphatic carbocycles. The van der Waals surface area contributed by atoms with Gasteiger partial charge in [-0.3, -0.25) is 0 Å². The van der Waals surface area contributed by atoms with E-state index in [0.717, 1.165) is 0 Å². The maximum Gasteiger partial charge on any atom is 0.314 e. The molecule has 0 spiro atoms. The second kappa shape index (κ2) is 6.90. The van der Waals surface area contributed by atoms with Crippen LogP contribution >= 0.6 is 11.6 Å². The second-order valence-corrected chi connectivity index (χ2v) is 4.13. The zero-order valence-electron chi connectivity index (χ0n) is 8.99. The third-order valence-corrected chi connectivity index (χ3v) is 2.47. The molecule has 2 amide bonds. The van der Waals surface area contributed by atoms with Gasteiger partial charge in [-0.15, -0.1) is 11.6 Å². The van der Waals surface area contributed by atoms with Gasteiger partial charge in [-0.1, -0.05) is 0 Å². The summed E-state index contributed by atoms with van der Waals surface area (Å²) in [5.74, 6) is 0.372. The first kappa shape index (κ1) is 13.5. The predicted octanol–water partition coefficient (Wildman–Crippen LogP) is -0.651. The molecule has 3 atom stereocenters. The lowest BCUT2D eigenvalue weighted by Gasteiger charge is -2.31. The van der Waals surface area contributed by atoms with Crippen molar-refractivity contribution in [1.82, 2.24) is 10.6 Å². The Morgan fingerprint density at radius 1 is 1.50 bits per heavy atom. The maximum absolute atomic E-state index is 11.2. The minimum atomic E-state index is -0.457. The van der Waals surface area contributed by atoms with Gasteiger partial charge in [0.1, 0.15) is 6.23 Å². The van der Waals surface area contributed by atoms with E-state index >= 15 is 0 Å². The molecule has 0 saturated carbocycles. The van der Waals surface area contributed by atoms with E-state index in [0.29, 0.717) is 31.8 Å². The van der Waals surface area contributed by atoms with Crippen molar-refractivity contribution in [3.8, 4) is 0 Å². The van der Waals surface area contributed by atoms with Crippen LogP contribution in [-0.2, 0) is 4.74 Å². The van der Waals surface area contributed by atoms with Crippen molar-refractivity contribution in [3.05, 3.63) is 0 Å². The molecule has 5 N–H and O–H groups in total. The van der Waals surface area contributed by atoms with Crippen LogP contribution in [0.2, 0.25) is 0 Å².